The molecular formula is C19H21N3O4. The Morgan fingerprint density at radius 2 is 2.12 bits per heavy atom. The highest BCUT2D eigenvalue weighted by Gasteiger charge is 2.56. The summed E-state index contributed by atoms with van der Waals surface area (Å²) in [7, 11) is 0. The van der Waals surface area contributed by atoms with Crippen molar-refractivity contribution in [1.82, 2.24) is 15.5 Å². The Morgan fingerprint density at radius 1 is 1.38 bits per heavy atom. The van der Waals surface area contributed by atoms with Gasteiger partial charge in [0, 0.05) is 5.39 Å². The number of imide groups is 1. The van der Waals surface area contributed by atoms with E-state index < -0.39 is 17.5 Å². The van der Waals surface area contributed by atoms with Crippen molar-refractivity contribution in [2.45, 2.75) is 38.3 Å². The lowest BCUT2D eigenvalue weighted by Crippen LogP contribution is -2.47. The van der Waals surface area contributed by atoms with Crippen LogP contribution in [-0.4, -0.2) is 34.8 Å². The Kier molecular flexibility index (Phi) is 3.75. The van der Waals surface area contributed by atoms with Crippen LogP contribution in [-0.2, 0) is 9.59 Å². The van der Waals surface area contributed by atoms with Gasteiger partial charge < -0.3 is 15.1 Å². The summed E-state index contributed by atoms with van der Waals surface area (Å²) in [6.45, 7) is 3.24. The highest BCUT2D eigenvalue weighted by Crippen LogP contribution is 2.42. The molecule has 2 fully saturated rings. The second-order valence-electron chi connectivity index (χ2n) is 7.27. The Morgan fingerprint density at radius 3 is 2.81 bits per heavy atom. The quantitative estimate of drug-likeness (QED) is 0.805. The maximum absolute atomic E-state index is 12.6. The summed E-state index contributed by atoms with van der Waals surface area (Å²) in [5.74, 6) is 0.0686. The van der Waals surface area contributed by atoms with E-state index in [2.05, 4.69) is 10.6 Å². The van der Waals surface area contributed by atoms with Crippen molar-refractivity contribution >= 4 is 28.8 Å². The molecule has 0 bridgehead atoms. The highest BCUT2D eigenvalue weighted by molar-refractivity contribution is 6.09. The molecule has 1 aliphatic carbocycles. The molecule has 136 valence electrons. The van der Waals surface area contributed by atoms with Gasteiger partial charge in [0.05, 0.1) is 6.04 Å². The lowest BCUT2D eigenvalue weighted by Gasteiger charge is -2.21. The monoisotopic (exact) mass is 355 g/mol. The molecule has 7 nitrogen and oxygen atoms in total. The van der Waals surface area contributed by atoms with E-state index in [9.17, 15) is 14.4 Å². The van der Waals surface area contributed by atoms with Gasteiger partial charge in [0.15, 0.2) is 0 Å². The topological polar surface area (TPSA) is 91.7 Å². The first-order chi connectivity index (χ1) is 12.4. The lowest BCUT2D eigenvalue weighted by atomic mass is 9.96. The third-order valence-electron chi connectivity index (χ3n) is 5.25. The number of nitrogens with zero attached hydrogens (tertiary/aromatic N) is 1. The van der Waals surface area contributed by atoms with Crippen LogP contribution in [0.15, 0.2) is 34.7 Å². The van der Waals surface area contributed by atoms with Crippen molar-refractivity contribution in [1.29, 1.82) is 0 Å². The van der Waals surface area contributed by atoms with Gasteiger partial charge in [0.2, 0.25) is 5.91 Å². The molecule has 1 aliphatic heterocycles. The summed E-state index contributed by atoms with van der Waals surface area (Å²) in [6.07, 6.45) is 1.84. The Bertz CT molecular complexity index is 868. The van der Waals surface area contributed by atoms with Crippen LogP contribution in [0.5, 0.6) is 0 Å². The van der Waals surface area contributed by atoms with Crippen LogP contribution in [0.25, 0.3) is 11.0 Å². The Labute approximate surface area is 150 Å². The number of urea groups is 1. The molecule has 0 radical (unpaired) electrons. The number of carbonyl (C=O) groups excluding carboxylic acids is 3. The highest BCUT2D eigenvalue weighted by atomic mass is 16.3. The number of hydrogen-bond acceptors (Lipinski definition) is 4. The van der Waals surface area contributed by atoms with Crippen molar-refractivity contribution in [2.24, 2.45) is 5.92 Å². The SMILES string of the molecule is C[C@@H](NC(=O)CN1C(=O)N[C@@](C)(C2CC2)C1=O)c1cc2ccccc2o1. The molecule has 26 heavy (non-hydrogen) atoms. The lowest BCUT2D eigenvalue weighted by molar-refractivity contribution is -0.135. The van der Waals surface area contributed by atoms with Crippen molar-refractivity contribution in [3.05, 3.63) is 36.1 Å². The van der Waals surface area contributed by atoms with Gasteiger partial charge in [-0.25, -0.2) is 4.79 Å². The van der Waals surface area contributed by atoms with E-state index in [1.54, 1.807) is 13.8 Å². The first-order valence-corrected chi connectivity index (χ1v) is 8.80. The van der Waals surface area contributed by atoms with E-state index in [-0.39, 0.29) is 24.4 Å². The number of furan rings is 1. The van der Waals surface area contributed by atoms with Crippen LogP contribution in [0.1, 0.15) is 38.5 Å². The minimum absolute atomic E-state index is 0.168. The third-order valence-corrected chi connectivity index (χ3v) is 5.25. The summed E-state index contributed by atoms with van der Waals surface area (Å²) in [5, 5.41) is 6.49. The molecule has 4 rings (SSSR count). The average Bonchev–Trinajstić information content (AvgIpc) is 3.33. The molecule has 1 saturated carbocycles. The predicted molar refractivity (Wildman–Crippen MR) is 94.1 cm³/mol. The van der Waals surface area contributed by atoms with Crippen LogP contribution in [0, 0.1) is 5.92 Å². The second-order valence-corrected chi connectivity index (χ2v) is 7.27. The molecule has 2 heterocycles. The van der Waals surface area contributed by atoms with Crippen LogP contribution in [0.2, 0.25) is 0 Å². The molecule has 7 heteroatoms. The van der Waals surface area contributed by atoms with E-state index in [0.29, 0.717) is 5.76 Å². The van der Waals surface area contributed by atoms with Gasteiger partial charge in [-0.15, -0.1) is 0 Å². The first kappa shape index (κ1) is 16.6. The van der Waals surface area contributed by atoms with Crippen molar-refractivity contribution in [2.75, 3.05) is 6.54 Å². The number of fused-ring (bicyclic) bond motifs is 1. The summed E-state index contributed by atoms with van der Waals surface area (Å²) < 4.78 is 5.74. The molecule has 1 saturated heterocycles. The van der Waals surface area contributed by atoms with Crippen molar-refractivity contribution in [3.63, 3.8) is 0 Å². The number of para-hydroxylation sites is 1. The van der Waals surface area contributed by atoms with E-state index in [1.807, 2.05) is 30.3 Å². The van der Waals surface area contributed by atoms with E-state index in [4.69, 9.17) is 4.42 Å². The molecule has 2 N–H and O–H groups in total. The zero-order valence-electron chi connectivity index (χ0n) is 14.7. The normalized spacial score (nSPS) is 24.0. The summed E-state index contributed by atoms with van der Waals surface area (Å²) in [4.78, 5) is 38.1. The van der Waals surface area contributed by atoms with Crippen LogP contribution < -0.4 is 10.6 Å². The maximum Gasteiger partial charge on any atom is 0.325 e. The predicted octanol–water partition coefficient (Wildman–Crippen LogP) is 2.33. The smallest absolute Gasteiger partial charge is 0.325 e. The minimum Gasteiger partial charge on any atom is -0.459 e. The minimum atomic E-state index is -0.873. The van der Waals surface area contributed by atoms with E-state index >= 15 is 0 Å². The van der Waals surface area contributed by atoms with Crippen LogP contribution in [0.3, 0.4) is 0 Å². The number of nitrogens with one attached hydrogen (secondary N) is 2. The molecule has 2 aliphatic rings. The van der Waals surface area contributed by atoms with Gasteiger partial charge in [0.1, 0.15) is 23.4 Å². The number of rotatable bonds is 5. The summed E-state index contributed by atoms with van der Waals surface area (Å²) in [6, 6.07) is 8.59. The van der Waals surface area contributed by atoms with Gasteiger partial charge >= 0.3 is 6.03 Å². The number of hydrogen-bond donors (Lipinski definition) is 2. The zero-order valence-corrected chi connectivity index (χ0v) is 14.7. The second kappa shape index (κ2) is 5.86. The van der Waals surface area contributed by atoms with Gasteiger partial charge in [-0.1, -0.05) is 18.2 Å². The fraction of sp³-hybridized carbons (Fsp3) is 0.421. The van der Waals surface area contributed by atoms with E-state index in [1.165, 1.54) is 0 Å². The van der Waals surface area contributed by atoms with E-state index in [0.717, 1.165) is 28.7 Å². The average molecular weight is 355 g/mol. The molecule has 4 amide bonds. The fourth-order valence-electron chi connectivity index (χ4n) is 3.51. The van der Waals surface area contributed by atoms with Crippen LogP contribution in [0.4, 0.5) is 4.79 Å². The zero-order chi connectivity index (χ0) is 18.5. The molecule has 2 aromatic rings. The molecule has 1 aromatic carbocycles. The molecule has 1 aromatic heterocycles. The fourth-order valence-corrected chi connectivity index (χ4v) is 3.51. The summed E-state index contributed by atoms with van der Waals surface area (Å²) >= 11 is 0. The van der Waals surface area contributed by atoms with Gasteiger partial charge in [-0.3, -0.25) is 14.5 Å². The number of benzene rings is 1. The number of carbonyl (C=O) groups is 3. The molecule has 0 spiro atoms. The largest absolute Gasteiger partial charge is 0.459 e. The Hall–Kier alpha value is -2.83. The molecular weight excluding hydrogens is 334 g/mol. The van der Waals surface area contributed by atoms with Gasteiger partial charge in [-0.2, -0.15) is 0 Å². The van der Waals surface area contributed by atoms with Gasteiger partial charge in [-0.05, 0) is 44.7 Å². The Balaban J connectivity index is 1.42. The van der Waals surface area contributed by atoms with Crippen molar-refractivity contribution in [3.8, 4) is 0 Å². The first-order valence-electron chi connectivity index (χ1n) is 8.80. The van der Waals surface area contributed by atoms with Crippen LogP contribution >= 0.6 is 0 Å². The molecule has 2 atom stereocenters. The summed E-state index contributed by atoms with van der Waals surface area (Å²) in [5.41, 5.74) is -0.125. The number of amides is 4. The standard InChI is InChI=1S/C19H21N3O4/c1-11(15-9-12-5-3-4-6-14(12)26-15)20-16(23)10-22-17(24)19(2,13-7-8-13)21-18(22)25/h3-6,9,11,13H,7-8,10H2,1-2H3,(H,20,23)(H,21,25)/t11-,19+/m1/s1. The van der Waals surface area contributed by atoms with Gasteiger partial charge in [0.25, 0.3) is 5.91 Å². The third kappa shape index (κ3) is 2.73. The maximum atomic E-state index is 12.6. The van der Waals surface area contributed by atoms with Crippen molar-refractivity contribution < 1.29 is 18.8 Å². The molecule has 0 unspecified atom stereocenters.